The summed E-state index contributed by atoms with van der Waals surface area (Å²) in [5, 5.41) is 2.95. The molecule has 0 aromatic heterocycles. The molecule has 2 amide bonds. The number of fused-ring (bicyclic) bond motifs is 1. The molecule has 1 atom stereocenters. The van der Waals surface area contributed by atoms with E-state index in [0.717, 1.165) is 16.9 Å². The lowest BCUT2D eigenvalue weighted by Crippen LogP contribution is -2.53. The van der Waals surface area contributed by atoms with Gasteiger partial charge in [0, 0.05) is 19.4 Å². The van der Waals surface area contributed by atoms with Gasteiger partial charge in [-0.05, 0) is 36.1 Å². The summed E-state index contributed by atoms with van der Waals surface area (Å²) in [6.07, 6.45) is 0.993. The standard InChI is InChI=1S/C24H30N2O3/c1-17(2)14-23(27)26-16-20-7-5-4-6-19(20)15-22(26)24(28)25-12-13-29-21-10-8-18(3)9-11-21/h4-11,17,22H,12-16H2,1-3H3,(H,25,28). The fraction of sp³-hybridized carbons (Fsp3) is 0.417. The Kier molecular flexibility index (Phi) is 6.91. The average molecular weight is 395 g/mol. The first-order chi connectivity index (χ1) is 13.9. The lowest BCUT2D eigenvalue weighted by Gasteiger charge is -2.36. The van der Waals surface area contributed by atoms with Crippen molar-refractivity contribution in [3.05, 3.63) is 65.2 Å². The van der Waals surface area contributed by atoms with Crippen molar-refractivity contribution in [2.24, 2.45) is 5.92 Å². The zero-order valence-corrected chi connectivity index (χ0v) is 17.5. The third-order valence-corrected chi connectivity index (χ3v) is 5.15. The maximum Gasteiger partial charge on any atom is 0.243 e. The molecule has 29 heavy (non-hydrogen) atoms. The van der Waals surface area contributed by atoms with E-state index in [-0.39, 0.29) is 17.7 Å². The van der Waals surface area contributed by atoms with Crippen LogP contribution in [0.2, 0.25) is 0 Å². The number of benzene rings is 2. The third-order valence-electron chi connectivity index (χ3n) is 5.15. The molecule has 0 spiro atoms. The topological polar surface area (TPSA) is 58.6 Å². The normalized spacial score (nSPS) is 15.7. The van der Waals surface area contributed by atoms with E-state index >= 15 is 0 Å². The summed E-state index contributed by atoms with van der Waals surface area (Å²) in [6, 6.07) is 15.4. The summed E-state index contributed by atoms with van der Waals surface area (Å²) < 4.78 is 5.69. The summed E-state index contributed by atoms with van der Waals surface area (Å²) in [6.45, 7) is 7.34. The molecular weight excluding hydrogens is 364 g/mol. The van der Waals surface area contributed by atoms with E-state index in [1.807, 2.05) is 69.3 Å². The van der Waals surface area contributed by atoms with Gasteiger partial charge in [-0.3, -0.25) is 9.59 Å². The van der Waals surface area contributed by atoms with Gasteiger partial charge in [0.15, 0.2) is 0 Å². The number of amides is 2. The zero-order chi connectivity index (χ0) is 20.8. The molecular formula is C24H30N2O3. The van der Waals surface area contributed by atoms with Crippen LogP contribution in [-0.4, -0.2) is 35.9 Å². The lowest BCUT2D eigenvalue weighted by molar-refractivity contribution is -0.142. The van der Waals surface area contributed by atoms with Crippen LogP contribution >= 0.6 is 0 Å². The van der Waals surface area contributed by atoms with Crippen molar-refractivity contribution in [3.63, 3.8) is 0 Å². The maximum atomic E-state index is 12.9. The summed E-state index contributed by atoms with van der Waals surface area (Å²) >= 11 is 0. The molecule has 0 bridgehead atoms. The highest BCUT2D eigenvalue weighted by atomic mass is 16.5. The van der Waals surface area contributed by atoms with Crippen LogP contribution in [0.5, 0.6) is 5.75 Å². The van der Waals surface area contributed by atoms with Crippen LogP contribution in [0, 0.1) is 12.8 Å². The quantitative estimate of drug-likeness (QED) is 0.732. The molecule has 1 N–H and O–H groups in total. The first kappa shape index (κ1) is 20.9. The van der Waals surface area contributed by atoms with Crippen molar-refractivity contribution >= 4 is 11.8 Å². The molecule has 0 saturated carbocycles. The van der Waals surface area contributed by atoms with Gasteiger partial charge >= 0.3 is 0 Å². The molecule has 5 nitrogen and oxygen atoms in total. The molecule has 3 rings (SSSR count). The molecule has 154 valence electrons. The zero-order valence-electron chi connectivity index (χ0n) is 17.5. The van der Waals surface area contributed by atoms with Gasteiger partial charge in [-0.25, -0.2) is 0 Å². The van der Waals surface area contributed by atoms with Crippen molar-refractivity contribution in [2.75, 3.05) is 13.2 Å². The summed E-state index contributed by atoms with van der Waals surface area (Å²) in [5.74, 6) is 0.950. The Morgan fingerprint density at radius 1 is 1.10 bits per heavy atom. The second kappa shape index (κ2) is 9.59. The van der Waals surface area contributed by atoms with Crippen LogP contribution in [0.15, 0.2) is 48.5 Å². The molecule has 5 heteroatoms. The van der Waals surface area contributed by atoms with Crippen LogP contribution in [0.1, 0.15) is 37.0 Å². The highest BCUT2D eigenvalue weighted by Gasteiger charge is 2.34. The van der Waals surface area contributed by atoms with Crippen molar-refractivity contribution < 1.29 is 14.3 Å². The van der Waals surface area contributed by atoms with Gasteiger partial charge in [0.25, 0.3) is 0 Å². The Balaban J connectivity index is 1.61. The van der Waals surface area contributed by atoms with Crippen LogP contribution in [0.3, 0.4) is 0 Å². The molecule has 0 saturated heterocycles. The number of carbonyl (C=O) groups is 2. The Morgan fingerprint density at radius 2 is 1.79 bits per heavy atom. The number of ether oxygens (including phenoxy) is 1. The molecule has 0 aliphatic carbocycles. The Bertz CT molecular complexity index is 845. The molecule has 1 aliphatic rings. The minimum atomic E-state index is -0.476. The van der Waals surface area contributed by atoms with Crippen LogP contribution in [0.25, 0.3) is 0 Å². The third kappa shape index (κ3) is 5.59. The van der Waals surface area contributed by atoms with Crippen LogP contribution in [-0.2, 0) is 22.6 Å². The first-order valence-electron chi connectivity index (χ1n) is 10.3. The van der Waals surface area contributed by atoms with E-state index in [1.165, 1.54) is 5.56 Å². The van der Waals surface area contributed by atoms with Crippen molar-refractivity contribution in [1.29, 1.82) is 0 Å². The average Bonchev–Trinajstić information content (AvgIpc) is 2.71. The van der Waals surface area contributed by atoms with E-state index in [1.54, 1.807) is 4.90 Å². The molecule has 1 aliphatic heterocycles. The second-order valence-electron chi connectivity index (χ2n) is 8.06. The first-order valence-corrected chi connectivity index (χ1v) is 10.3. The van der Waals surface area contributed by atoms with Crippen LogP contribution < -0.4 is 10.1 Å². The summed E-state index contributed by atoms with van der Waals surface area (Å²) in [7, 11) is 0. The monoisotopic (exact) mass is 394 g/mol. The molecule has 0 radical (unpaired) electrons. The van der Waals surface area contributed by atoms with Gasteiger partial charge in [0.1, 0.15) is 18.4 Å². The van der Waals surface area contributed by atoms with Crippen molar-refractivity contribution in [2.45, 2.75) is 46.2 Å². The fourth-order valence-electron chi connectivity index (χ4n) is 3.58. The van der Waals surface area contributed by atoms with Gasteiger partial charge in [-0.1, -0.05) is 55.8 Å². The number of rotatable bonds is 7. The fourth-order valence-corrected chi connectivity index (χ4v) is 3.58. The van der Waals surface area contributed by atoms with E-state index in [4.69, 9.17) is 4.74 Å². The molecule has 2 aromatic carbocycles. The van der Waals surface area contributed by atoms with E-state index < -0.39 is 6.04 Å². The van der Waals surface area contributed by atoms with Gasteiger partial charge in [0.05, 0.1) is 6.54 Å². The van der Waals surface area contributed by atoms with Crippen molar-refractivity contribution in [3.8, 4) is 5.75 Å². The number of hydrogen-bond donors (Lipinski definition) is 1. The van der Waals surface area contributed by atoms with Crippen molar-refractivity contribution in [1.82, 2.24) is 10.2 Å². The van der Waals surface area contributed by atoms with E-state index in [2.05, 4.69) is 5.32 Å². The number of nitrogens with zero attached hydrogens (tertiary/aromatic N) is 1. The maximum absolute atomic E-state index is 12.9. The van der Waals surface area contributed by atoms with Gasteiger partial charge in [-0.2, -0.15) is 0 Å². The highest BCUT2D eigenvalue weighted by molar-refractivity contribution is 5.88. The molecule has 0 fully saturated rings. The van der Waals surface area contributed by atoms with Crippen LogP contribution in [0.4, 0.5) is 0 Å². The van der Waals surface area contributed by atoms with Gasteiger partial charge in [-0.15, -0.1) is 0 Å². The minimum absolute atomic E-state index is 0.0329. The SMILES string of the molecule is Cc1ccc(OCCNC(=O)C2Cc3ccccc3CN2C(=O)CC(C)C)cc1. The smallest absolute Gasteiger partial charge is 0.243 e. The molecule has 2 aromatic rings. The van der Waals surface area contributed by atoms with E-state index in [0.29, 0.717) is 32.5 Å². The predicted octanol–water partition coefficient (Wildman–Crippen LogP) is 3.49. The number of carbonyl (C=O) groups excluding carboxylic acids is 2. The van der Waals surface area contributed by atoms with Gasteiger partial charge < -0.3 is 15.0 Å². The number of hydrogen-bond acceptors (Lipinski definition) is 3. The largest absolute Gasteiger partial charge is 0.492 e. The Hall–Kier alpha value is -2.82. The molecule has 1 heterocycles. The molecule has 1 unspecified atom stereocenters. The minimum Gasteiger partial charge on any atom is -0.492 e. The summed E-state index contributed by atoms with van der Waals surface area (Å²) in [5.41, 5.74) is 3.43. The summed E-state index contributed by atoms with van der Waals surface area (Å²) in [4.78, 5) is 27.4. The van der Waals surface area contributed by atoms with E-state index in [9.17, 15) is 9.59 Å². The highest BCUT2D eigenvalue weighted by Crippen LogP contribution is 2.25. The predicted molar refractivity (Wildman–Crippen MR) is 114 cm³/mol. The number of nitrogens with one attached hydrogen (secondary N) is 1. The second-order valence-corrected chi connectivity index (χ2v) is 8.06. The van der Waals surface area contributed by atoms with Gasteiger partial charge in [0.2, 0.25) is 11.8 Å². The Labute approximate surface area is 173 Å². The lowest BCUT2D eigenvalue weighted by atomic mass is 9.92. The number of aryl methyl sites for hydroxylation is 1. The Morgan fingerprint density at radius 3 is 2.48 bits per heavy atom.